The van der Waals surface area contributed by atoms with Gasteiger partial charge in [0.1, 0.15) is 17.1 Å². The van der Waals surface area contributed by atoms with Crippen LogP contribution in [-0.4, -0.2) is 113 Å². The number of nitrogens with one attached hydrogen (secondary N) is 1. The van der Waals surface area contributed by atoms with E-state index in [0.717, 1.165) is 19.6 Å². The summed E-state index contributed by atoms with van der Waals surface area (Å²) in [7, 11) is 6.71. The van der Waals surface area contributed by atoms with Crippen LogP contribution >= 0.6 is 0 Å². The van der Waals surface area contributed by atoms with Gasteiger partial charge in [0.05, 0.1) is 17.3 Å². The number of likely N-dealkylation sites (tertiary alicyclic amines) is 1. The number of hydrogen-bond donors (Lipinski definition) is 6. The number of Topliss-reactive ketones (excluding diaryl/α,β-unsaturated/α-hetero) is 2. The number of rotatable bonds is 7. The number of carbonyl (C=O) groups is 4. The van der Waals surface area contributed by atoms with Crippen LogP contribution in [0, 0.1) is 23.7 Å². The molecule has 7 N–H and O–H groups in total. The number of nitrogens with two attached hydrogens (primary N) is 1. The Morgan fingerprint density at radius 3 is 2.28 bits per heavy atom. The first-order valence-electron chi connectivity index (χ1n) is 15.7. The summed E-state index contributed by atoms with van der Waals surface area (Å²) in [5, 5.41) is 48.7. The third-order valence-electron chi connectivity index (χ3n) is 10.0. The maximum absolute atomic E-state index is 14.2. The molecule has 0 spiro atoms. The molecule has 1 saturated heterocycles. The number of ketones is 2. The predicted molar refractivity (Wildman–Crippen MR) is 171 cm³/mol. The highest BCUT2D eigenvalue weighted by Gasteiger charge is 2.63. The van der Waals surface area contributed by atoms with Crippen molar-refractivity contribution < 1.29 is 39.6 Å². The molecular weight excluding hydrogens is 594 g/mol. The molecule has 1 aromatic carbocycles. The number of fused-ring (bicyclic) bond motifs is 3. The lowest BCUT2D eigenvalue weighted by Crippen LogP contribution is -2.63. The average molecular weight is 640 g/mol. The van der Waals surface area contributed by atoms with Crippen molar-refractivity contribution in [2.45, 2.75) is 51.2 Å². The largest absolute Gasteiger partial charge is 0.510 e. The number of allylic oxidation sites excluding steroid dienone is 1. The second-order valence-electron chi connectivity index (χ2n) is 14.0. The Hall–Kier alpha value is -3.94. The molecule has 0 aromatic heterocycles. The van der Waals surface area contributed by atoms with Crippen LogP contribution in [0.1, 0.15) is 49.0 Å². The van der Waals surface area contributed by atoms with Gasteiger partial charge in [0.2, 0.25) is 11.7 Å². The molecule has 2 amide bonds. The third kappa shape index (κ3) is 5.23. The van der Waals surface area contributed by atoms with Gasteiger partial charge in [-0.05, 0) is 76.3 Å². The highest BCUT2D eigenvalue weighted by atomic mass is 16.3. The van der Waals surface area contributed by atoms with E-state index >= 15 is 0 Å². The van der Waals surface area contributed by atoms with Crippen LogP contribution in [0.2, 0.25) is 0 Å². The summed E-state index contributed by atoms with van der Waals surface area (Å²) in [6.07, 6.45) is 1.46. The van der Waals surface area contributed by atoms with Crippen LogP contribution in [-0.2, 0) is 20.8 Å². The summed E-state index contributed by atoms with van der Waals surface area (Å²) >= 11 is 0. The van der Waals surface area contributed by atoms with Crippen molar-refractivity contribution in [3.63, 3.8) is 0 Å². The summed E-state index contributed by atoms with van der Waals surface area (Å²) in [6.45, 7) is 6.82. The topological polar surface area (TPSA) is 197 Å². The van der Waals surface area contributed by atoms with Crippen LogP contribution in [0.5, 0.6) is 5.75 Å². The molecule has 0 bridgehead atoms. The number of hydrogen-bond acceptors (Lipinski definition) is 11. The maximum atomic E-state index is 14.2. The summed E-state index contributed by atoms with van der Waals surface area (Å²) in [4.78, 5) is 59.0. The van der Waals surface area contributed by atoms with E-state index in [4.69, 9.17) is 5.73 Å². The number of nitrogens with zero attached hydrogens (tertiary/aromatic N) is 3. The molecule has 250 valence electrons. The molecule has 46 heavy (non-hydrogen) atoms. The Bertz CT molecular complexity index is 1550. The van der Waals surface area contributed by atoms with Crippen LogP contribution in [0.4, 0.5) is 11.4 Å². The first kappa shape index (κ1) is 33.4. The van der Waals surface area contributed by atoms with Crippen LogP contribution in [0.25, 0.3) is 0 Å². The number of primary amides is 1. The Balaban J connectivity index is 1.55. The summed E-state index contributed by atoms with van der Waals surface area (Å²) in [6, 6.07) is 0.559. The molecule has 0 saturated carbocycles. The van der Waals surface area contributed by atoms with Crippen molar-refractivity contribution in [2.75, 3.05) is 58.0 Å². The van der Waals surface area contributed by atoms with E-state index in [1.54, 1.807) is 39.2 Å². The van der Waals surface area contributed by atoms with Gasteiger partial charge in [0.25, 0.3) is 5.91 Å². The van der Waals surface area contributed by atoms with E-state index in [9.17, 15) is 39.6 Å². The summed E-state index contributed by atoms with van der Waals surface area (Å²) in [5.41, 5.74) is 2.55. The second-order valence-corrected chi connectivity index (χ2v) is 14.0. The fraction of sp³-hybridized carbons (Fsp3) is 0.576. The molecule has 0 radical (unpaired) electrons. The Morgan fingerprint density at radius 2 is 1.74 bits per heavy atom. The number of benzene rings is 1. The number of piperidine rings is 1. The lowest BCUT2D eigenvalue weighted by atomic mass is 9.58. The van der Waals surface area contributed by atoms with Gasteiger partial charge in [-0.1, -0.05) is 13.8 Å². The Kier molecular flexibility index (Phi) is 8.73. The molecule has 13 heteroatoms. The molecule has 1 fully saturated rings. The molecule has 1 aromatic rings. The molecule has 1 aliphatic heterocycles. The summed E-state index contributed by atoms with van der Waals surface area (Å²) in [5.74, 6) is -7.22. The van der Waals surface area contributed by atoms with Gasteiger partial charge < -0.3 is 41.3 Å². The van der Waals surface area contributed by atoms with Gasteiger partial charge in [-0.25, -0.2) is 0 Å². The van der Waals surface area contributed by atoms with Crippen LogP contribution < -0.4 is 16.0 Å². The van der Waals surface area contributed by atoms with Gasteiger partial charge in [0, 0.05) is 43.7 Å². The SMILES string of the molecule is CC(C)CN1CCC(C(=O)Nc2cc(N(C)C)c3c(c2O)C(=O)C2=C(O)[C@]4(O)C(=O)C(C(N)=O)=C(O)[C@@H](N(C)C)[C@@H]4C[C@@H]2C3)CC1. The number of anilines is 2. The zero-order chi connectivity index (χ0) is 34.0. The van der Waals surface area contributed by atoms with E-state index in [1.165, 1.54) is 4.90 Å². The highest BCUT2D eigenvalue weighted by molar-refractivity contribution is 6.25. The van der Waals surface area contributed by atoms with Crippen molar-refractivity contribution in [1.29, 1.82) is 0 Å². The normalized spacial score (nSPS) is 27.1. The van der Waals surface area contributed by atoms with Crippen molar-refractivity contribution in [2.24, 2.45) is 29.4 Å². The van der Waals surface area contributed by atoms with Gasteiger partial charge >= 0.3 is 0 Å². The van der Waals surface area contributed by atoms with Crippen LogP contribution in [0.3, 0.4) is 0 Å². The van der Waals surface area contributed by atoms with Crippen molar-refractivity contribution >= 4 is 34.8 Å². The lowest BCUT2D eigenvalue weighted by Gasteiger charge is -2.50. The van der Waals surface area contributed by atoms with E-state index in [1.807, 2.05) is 0 Å². The van der Waals surface area contributed by atoms with Gasteiger partial charge in [0.15, 0.2) is 17.1 Å². The predicted octanol–water partition coefficient (Wildman–Crippen LogP) is 1.49. The Morgan fingerprint density at radius 1 is 1.11 bits per heavy atom. The number of likely N-dealkylation sites (N-methyl/N-ethyl adjacent to an activating group) is 1. The van der Waals surface area contributed by atoms with Gasteiger partial charge in [-0.15, -0.1) is 0 Å². The summed E-state index contributed by atoms with van der Waals surface area (Å²) < 4.78 is 0. The van der Waals surface area contributed by atoms with E-state index in [2.05, 4.69) is 24.1 Å². The number of amides is 2. The number of aromatic hydroxyl groups is 1. The van der Waals surface area contributed by atoms with E-state index in [0.29, 0.717) is 30.0 Å². The fourth-order valence-electron chi connectivity index (χ4n) is 7.92. The third-order valence-corrected chi connectivity index (χ3v) is 10.0. The number of phenols is 1. The minimum absolute atomic E-state index is 0.00656. The number of aliphatic hydroxyl groups is 3. The van der Waals surface area contributed by atoms with Crippen LogP contribution in [0.15, 0.2) is 28.7 Å². The van der Waals surface area contributed by atoms with E-state index in [-0.39, 0.29) is 41.5 Å². The number of aliphatic hydroxyl groups excluding tert-OH is 2. The first-order valence-corrected chi connectivity index (χ1v) is 15.7. The molecule has 4 aliphatic rings. The van der Waals surface area contributed by atoms with Gasteiger partial charge in [-0.2, -0.15) is 0 Å². The minimum atomic E-state index is -2.72. The highest BCUT2D eigenvalue weighted by Crippen LogP contribution is 2.54. The minimum Gasteiger partial charge on any atom is -0.510 e. The molecule has 0 unspecified atom stereocenters. The molecule has 5 rings (SSSR count). The fourth-order valence-corrected chi connectivity index (χ4v) is 7.92. The number of carbonyl (C=O) groups excluding carboxylic acids is 4. The molecular formula is C33H45N5O8. The standard InChI is InChI=1S/C33H45N5O8/c1-15(2)14-38-9-7-16(8-10-38)32(45)35-20-13-21(36(3)4)18-11-17-12-19-25(37(5)6)28(41)24(31(34)44)30(43)33(19,46)29(42)22(17)27(40)23(18)26(20)39/h13,15-17,19,25,39,41-42,46H,7-12,14H2,1-6H3,(H2,34,44)(H,35,45)/t17-,19-,25-,33-/m0/s1. The lowest BCUT2D eigenvalue weighted by molar-refractivity contribution is -0.148. The van der Waals surface area contributed by atoms with Crippen molar-refractivity contribution in [1.82, 2.24) is 9.80 Å². The molecule has 13 nitrogen and oxygen atoms in total. The molecule has 4 atom stereocenters. The zero-order valence-electron chi connectivity index (χ0n) is 27.3. The molecule has 1 heterocycles. The van der Waals surface area contributed by atoms with Crippen molar-refractivity contribution in [3.05, 3.63) is 39.9 Å². The smallest absolute Gasteiger partial charge is 0.255 e. The Labute approximate surface area is 268 Å². The molecule has 3 aliphatic carbocycles. The van der Waals surface area contributed by atoms with Crippen molar-refractivity contribution in [3.8, 4) is 5.75 Å². The number of phenolic OH excluding ortho intramolecular Hbond substituents is 1. The first-order chi connectivity index (χ1) is 21.5. The average Bonchev–Trinajstić information content (AvgIpc) is 2.95. The monoisotopic (exact) mass is 639 g/mol. The van der Waals surface area contributed by atoms with E-state index < -0.39 is 63.8 Å². The zero-order valence-corrected chi connectivity index (χ0v) is 27.3. The maximum Gasteiger partial charge on any atom is 0.255 e. The van der Waals surface area contributed by atoms with Gasteiger partial charge in [-0.3, -0.25) is 24.1 Å². The second kappa shape index (κ2) is 12.0. The quantitative estimate of drug-likeness (QED) is 0.187.